The van der Waals surface area contributed by atoms with E-state index in [1.807, 2.05) is 44.2 Å². The Labute approximate surface area is 91.6 Å². The maximum Gasteiger partial charge on any atom is 0.218 e. The van der Waals surface area contributed by atoms with Gasteiger partial charge in [0, 0.05) is 6.04 Å². The number of sulfonamides is 1. The zero-order chi connectivity index (χ0) is 11.5. The standard InChI is InChI=1S/C11H17NO2S/c1-9(2)12-15(13,14)10(3)11-7-5-4-6-8-11/h4-10,12H,1-3H3/t10-/m1/s1. The van der Waals surface area contributed by atoms with E-state index in [1.165, 1.54) is 0 Å². The van der Waals surface area contributed by atoms with E-state index in [4.69, 9.17) is 0 Å². The molecular formula is C11H17NO2S. The van der Waals surface area contributed by atoms with Crippen LogP contribution >= 0.6 is 0 Å². The Kier molecular flexibility index (Phi) is 3.88. The number of rotatable bonds is 4. The molecule has 1 aromatic carbocycles. The summed E-state index contributed by atoms with van der Waals surface area (Å²) in [6.45, 7) is 5.32. The maximum absolute atomic E-state index is 11.8. The predicted octanol–water partition coefficient (Wildman–Crippen LogP) is 2.08. The van der Waals surface area contributed by atoms with Crippen LogP contribution in [0.1, 0.15) is 31.6 Å². The maximum atomic E-state index is 11.8. The molecule has 0 bridgehead atoms. The molecule has 0 unspecified atom stereocenters. The van der Waals surface area contributed by atoms with E-state index in [0.717, 1.165) is 5.56 Å². The van der Waals surface area contributed by atoms with Crippen LogP contribution in [0.15, 0.2) is 30.3 Å². The zero-order valence-corrected chi connectivity index (χ0v) is 10.1. The topological polar surface area (TPSA) is 46.2 Å². The summed E-state index contributed by atoms with van der Waals surface area (Å²) in [6, 6.07) is 9.14. The van der Waals surface area contributed by atoms with Crippen LogP contribution < -0.4 is 4.72 Å². The lowest BCUT2D eigenvalue weighted by Crippen LogP contribution is -2.33. The summed E-state index contributed by atoms with van der Waals surface area (Å²) >= 11 is 0. The summed E-state index contributed by atoms with van der Waals surface area (Å²) in [4.78, 5) is 0. The number of hydrogen-bond acceptors (Lipinski definition) is 2. The molecule has 0 radical (unpaired) electrons. The summed E-state index contributed by atoms with van der Waals surface area (Å²) in [5, 5.41) is -0.513. The predicted molar refractivity (Wildman–Crippen MR) is 62.0 cm³/mol. The third kappa shape index (κ3) is 3.32. The fraction of sp³-hybridized carbons (Fsp3) is 0.455. The monoisotopic (exact) mass is 227 g/mol. The Morgan fingerprint density at radius 2 is 1.60 bits per heavy atom. The molecule has 1 aromatic rings. The van der Waals surface area contributed by atoms with Gasteiger partial charge in [0.25, 0.3) is 0 Å². The average Bonchev–Trinajstić information content (AvgIpc) is 2.16. The third-order valence-electron chi connectivity index (χ3n) is 2.13. The second kappa shape index (κ2) is 4.77. The van der Waals surface area contributed by atoms with Crippen molar-refractivity contribution in [1.29, 1.82) is 0 Å². The van der Waals surface area contributed by atoms with Crippen molar-refractivity contribution in [2.75, 3.05) is 0 Å². The molecule has 1 atom stereocenters. The van der Waals surface area contributed by atoms with E-state index in [0.29, 0.717) is 0 Å². The Hall–Kier alpha value is -0.870. The summed E-state index contributed by atoms with van der Waals surface area (Å²) in [6.07, 6.45) is 0. The molecular weight excluding hydrogens is 210 g/mol. The second-order valence-corrected chi connectivity index (χ2v) is 5.90. The first-order valence-corrected chi connectivity index (χ1v) is 6.54. The van der Waals surface area contributed by atoms with Crippen molar-refractivity contribution < 1.29 is 8.42 Å². The lowest BCUT2D eigenvalue weighted by atomic mass is 10.2. The van der Waals surface area contributed by atoms with Gasteiger partial charge in [0.2, 0.25) is 10.0 Å². The van der Waals surface area contributed by atoms with E-state index >= 15 is 0 Å². The van der Waals surface area contributed by atoms with E-state index in [-0.39, 0.29) is 6.04 Å². The first-order chi connectivity index (χ1) is 6.93. The lowest BCUT2D eigenvalue weighted by Gasteiger charge is -2.16. The van der Waals surface area contributed by atoms with Crippen molar-refractivity contribution in [3.05, 3.63) is 35.9 Å². The minimum absolute atomic E-state index is 0.0684. The molecule has 0 saturated carbocycles. The summed E-state index contributed by atoms with van der Waals surface area (Å²) in [7, 11) is -3.26. The first-order valence-electron chi connectivity index (χ1n) is 4.99. The van der Waals surface area contributed by atoms with E-state index in [9.17, 15) is 8.42 Å². The first kappa shape index (κ1) is 12.2. The van der Waals surface area contributed by atoms with Crippen molar-refractivity contribution in [3.63, 3.8) is 0 Å². The van der Waals surface area contributed by atoms with E-state index in [1.54, 1.807) is 6.92 Å². The van der Waals surface area contributed by atoms with Crippen molar-refractivity contribution >= 4 is 10.0 Å². The van der Waals surface area contributed by atoms with Crippen LogP contribution in [0.4, 0.5) is 0 Å². The van der Waals surface area contributed by atoms with Gasteiger partial charge in [-0.2, -0.15) is 0 Å². The smallest absolute Gasteiger partial charge is 0.212 e. The normalized spacial score (nSPS) is 14.1. The molecule has 0 aromatic heterocycles. The highest BCUT2D eigenvalue weighted by Gasteiger charge is 2.22. The van der Waals surface area contributed by atoms with Crippen molar-refractivity contribution in [2.24, 2.45) is 0 Å². The molecule has 0 aliphatic rings. The zero-order valence-electron chi connectivity index (χ0n) is 9.27. The van der Waals surface area contributed by atoms with Gasteiger partial charge in [-0.15, -0.1) is 0 Å². The Morgan fingerprint density at radius 1 is 1.07 bits per heavy atom. The largest absolute Gasteiger partial charge is 0.218 e. The van der Waals surface area contributed by atoms with Crippen LogP contribution in [0.3, 0.4) is 0 Å². The van der Waals surface area contributed by atoms with Crippen molar-refractivity contribution in [2.45, 2.75) is 32.1 Å². The highest BCUT2D eigenvalue weighted by atomic mass is 32.2. The van der Waals surface area contributed by atoms with Crippen LogP contribution in [-0.4, -0.2) is 14.5 Å². The lowest BCUT2D eigenvalue weighted by molar-refractivity contribution is 0.559. The van der Waals surface area contributed by atoms with Gasteiger partial charge in [-0.3, -0.25) is 0 Å². The van der Waals surface area contributed by atoms with Gasteiger partial charge in [-0.05, 0) is 26.3 Å². The van der Waals surface area contributed by atoms with Crippen LogP contribution in [0, 0.1) is 0 Å². The molecule has 4 heteroatoms. The summed E-state index contributed by atoms with van der Waals surface area (Å²) < 4.78 is 26.3. The SMILES string of the molecule is CC(C)NS(=O)(=O)[C@H](C)c1ccccc1. The molecule has 0 fully saturated rings. The number of benzene rings is 1. The van der Waals surface area contributed by atoms with Gasteiger partial charge in [-0.25, -0.2) is 13.1 Å². The molecule has 0 saturated heterocycles. The van der Waals surface area contributed by atoms with Gasteiger partial charge in [-0.1, -0.05) is 30.3 Å². The number of hydrogen-bond donors (Lipinski definition) is 1. The Morgan fingerprint density at radius 3 is 2.07 bits per heavy atom. The Bertz CT molecular complexity index is 398. The molecule has 15 heavy (non-hydrogen) atoms. The Balaban J connectivity index is 2.90. The van der Waals surface area contributed by atoms with Crippen LogP contribution in [0.2, 0.25) is 0 Å². The molecule has 0 amide bonds. The van der Waals surface area contributed by atoms with Gasteiger partial charge >= 0.3 is 0 Å². The molecule has 0 heterocycles. The highest BCUT2D eigenvalue weighted by molar-refractivity contribution is 7.89. The molecule has 84 valence electrons. The quantitative estimate of drug-likeness (QED) is 0.856. The fourth-order valence-corrected chi connectivity index (χ4v) is 2.71. The molecule has 1 N–H and O–H groups in total. The second-order valence-electron chi connectivity index (χ2n) is 3.87. The molecule has 3 nitrogen and oxygen atoms in total. The summed E-state index contributed by atoms with van der Waals surface area (Å²) in [5.41, 5.74) is 0.811. The van der Waals surface area contributed by atoms with Crippen molar-refractivity contribution in [1.82, 2.24) is 4.72 Å². The highest BCUT2D eigenvalue weighted by Crippen LogP contribution is 2.20. The third-order valence-corrected chi connectivity index (χ3v) is 4.14. The van der Waals surface area contributed by atoms with Gasteiger partial charge in [0.15, 0.2) is 0 Å². The van der Waals surface area contributed by atoms with Gasteiger partial charge in [0.05, 0.1) is 5.25 Å². The molecule has 0 aliphatic carbocycles. The van der Waals surface area contributed by atoms with E-state index < -0.39 is 15.3 Å². The van der Waals surface area contributed by atoms with Crippen LogP contribution in [-0.2, 0) is 10.0 Å². The fourth-order valence-electron chi connectivity index (χ4n) is 1.33. The minimum Gasteiger partial charge on any atom is -0.212 e. The molecule has 0 spiro atoms. The van der Waals surface area contributed by atoms with Crippen LogP contribution in [0.5, 0.6) is 0 Å². The average molecular weight is 227 g/mol. The molecule has 1 rings (SSSR count). The van der Waals surface area contributed by atoms with Gasteiger partial charge < -0.3 is 0 Å². The minimum atomic E-state index is -3.26. The van der Waals surface area contributed by atoms with Gasteiger partial charge in [0.1, 0.15) is 0 Å². The summed E-state index contributed by atoms with van der Waals surface area (Å²) in [5.74, 6) is 0. The molecule has 0 aliphatic heterocycles. The van der Waals surface area contributed by atoms with E-state index in [2.05, 4.69) is 4.72 Å². The van der Waals surface area contributed by atoms with Crippen molar-refractivity contribution in [3.8, 4) is 0 Å². The number of nitrogens with one attached hydrogen (secondary N) is 1. The van der Waals surface area contributed by atoms with Crippen LogP contribution in [0.25, 0.3) is 0 Å².